The molecule has 2 amide bonds. The lowest BCUT2D eigenvalue weighted by Gasteiger charge is -2.31. The number of amides is 2. The van der Waals surface area contributed by atoms with Gasteiger partial charge in [-0.25, -0.2) is 0 Å². The van der Waals surface area contributed by atoms with Crippen molar-refractivity contribution in [1.82, 2.24) is 9.80 Å². The van der Waals surface area contributed by atoms with Crippen LogP contribution in [0, 0.1) is 18.8 Å². The molecule has 5 nitrogen and oxygen atoms in total. The first-order valence-corrected chi connectivity index (χ1v) is 12.2. The fourth-order valence-electron chi connectivity index (χ4n) is 4.31. The van der Waals surface area contributed by atoms with Crippen LogP contribution in [0.1, 0.15) is 57.5 Å². The smallest absolute Gasteiger partial charge is 0.263 e. The Morgan fingerprint density at radius 3 is 2.13 bits per heavy atom. The molecular weight excluding hydrogens is 408 g/mol. The lowest BCUT2D eigenvalue weighted by atomic mass is 9.97. The maximum Gasteiger partial charge on any atom is 0.263 e. The number of likely N-dealkylation sites (tertiary alicyclic amines) is 2. The fraction of sp³-hybridized carbons (Fsp3) is 0.520. The number of rotatable bonds is 5. The number of aryl methyl sites for hydroxylation is 1. The summed E-state index contributed by atoms with van der Waals surface area (Å²) < 4.78 is 6.00. The zero-order chi connectivity index (χ0) is 21.8. The molecule has 2 saturated heterocycles. The number of hydrogen-bond acceptors (Lipinski definition) is 4. The molecule has 2 aliphatic rings. The number of nitrogens with zero attached hydrogens (tertiary/aromatic N) is 2. The summed E-state index contributed by atoms with van der Waals surface area (Å²) in [5.41, 5.74) is 0.734. The molecule has 0 atom stereocenters. The molecule has 2 aliphatic heterocycles. The van der Waals surface area contributed by atoms with Gasteiger partial charge in [0.25, 0.3) is 11.8 Å². The molecule has 0 N–H and O–H groups in total. The molecule has 0 saturated carbocycles. The van der Waals surface area contributed by atoms with E-state index >= 15 is 0 Å². The van der Waals surface area contributed by atoms with Gasteiger partial charge in [0.15, 0.2) is 0 Å². The first-order valence-electron chi connectivity index (χ1n) is 11.4. The summed E-state index contributed by atoms with van der Waals surface area (Å²) in [6.07, 6.45) is 4.09. The van der Waals surface area contributed by atoms with Crippen LogP contribution in [0.2, 0.25) is 0 Å². The van der Waals surface area contributed by atoms with Crippen molar-refractivity contribution >= 4 is 23.2 Å². The average molecular weight is 441 g/mol. The number of carbonyl (C=O) groups is 2. The Bertz CT molecular complexity index is 892. The van der Waals surface area contributed by atoms with Crippen molar-refractivity contribution in [3.8, 4) is 5.75 Å². The molecule has 0 radical (unpaired) electrons. The SMILES string of the molecule is Cc1ccc(C(=O)N2CCC(COc3ccc(C(=O)N4CCC(C)CC4)cc3)CC2)s1. The van der Waals surface area contributed by atoms with Crippen LogP contribution in [0.5, 0.6) is 5.75 Å². The van der Waals surface area contributed by atoms with Crippen LogP contribution in [0.4, 0.5) is 0 Å². The Morgan fingerprint density at radius 2 is 1.52 bits per heavy atom. The third-order valence-electron chi connectivity index (χ3n) is 6.51. The summed E-state index contributed by atoms with van der Waals surface area (Å²) in [6, 6.07) is 11.5. The standard InChI is InChI=1S/C25H32N2O3S/c1-18-9-13-26(14-10-18)24(28)21-4-6-22(7-5-21)30-17-20-11-15-27(16-12-20)25(29)23-8-3-19(2)31-23/h3-8,18,20H,9-17H2,1-2H3. The second-order valence-corrected chi connectivity index (χ2v) is 10.2. The molecule has 0 spiro atoms. The number of ether oxygens (including phenoxy) is 1. The van der Waals surface area contributed by atoms with Gasteiger partial charge in [-0.2, -0.15) is 0 Å². The maximum absolute atomic E-state index is 12.7. The van der Waals surface area contributed by atoms with E-state index in [-0.39, 0.29) is 11.8 Å². The summed E-state index contributed by atoms with van der Waals surface area (Å²) in [5.74, 6) is 2.24. The van der Waals surface area contributed by atoms with E-state index < -0.39 is 0 Å². The monoisotopic (exact) mass is 440 g/mol. The molecule has 31 heavy (non-hydrogen) atoms. The van der Waals surface area contributed by atoms with Crippen LogP contribution in [-0.2, 0) is 0 Å². The molecule has 0 aliphatic carbocycles. The van der Waals surface area contributed by atoms with Crippen molar-refractivity contribution < 1.29 is 14.3 Å². The van der Waals surface area contributed by atoms with Gasteiger partial charge in [0.1, 0.15) is 5.75 Å². The van der Waals surface area contributed by atoms with E-state index in [0.29, 0.717) is 18.4 Å². The molecule has 3 heterocycles. The molecule has 0 unspecified atom stereocenters. The molecule has 4 rings (SSSR count). The highest BCUT2D eigenvalue weighted by Gasteiger charge is 2.25. The zero-order valence-electron chi connectivity index (χ0n) is 18.5. The van der Waals surface area contributed by atoms with Crippen LogP contribution in [0.25, 0.3) is 0 Å². The second kappa shape index (κ2) is 9.86. The van der Waals surface area contributed by atoms with Crippen LogP contribution in [0.3, 0.4) is 0 Å². The van der Waals surface area contributed by atoms with Gasteiger partial charge in [-0.1, -0.05) is 6.92 Å². The molecule has 1 aromatic heterocycles. The van der Waals surface area contributed by atoms with E-state index in [4.69, 9.17) is 4.74 Å². The van der Waals surface area contributed by atoms with Gasteiger partial charge < -0.3 is 14.5 Å². The fourth-order valence-corrected chi connectivity index (χ4v) is 5.15. The van der Waals surface area contributed by atoms with E-state index in [0.717, 1.165) is 68.1 Å². The topological polar surface area (TPSA) is 49.9 Å². The molecule has 1 aromatic carbocycles. The van der Waals surface area contributed by atoms with Crippen LogP contribution in [0.15, 0.2) is 36.4 Å². The van der Waals surface area contributed by atoms with E-state index in [2.05, 4.69) is 6.92 Å². The van der Waals surface area contributed by atoms with Crippen molar-refractivity contribution in [2.24, 2.45) is 11.8 Å². The maximum atomic E-state index is 12.7. The molecular formula is C25H32N2O3S. The Morgan fingerprint density at radius 1 is 0.903 bits per heavy atom. The minimum Gasteiger partial charge on any atom is -0.493 e. The lowest BCUT2D eigenvalue weighted by molar-refractivity contribution is 0.0663. The predicted octanol–water partition coefficient (Wildman–Crippen LogP) is 4.86. The number of piperidine rings is 2. The second-order valence-electron chi connectivity index (χ2n) is 8.96. The lowest BCUT2D eigenvalue weighted by Crippen LogP contribution is -2.39. The van der Waals surface area contributed by atoms with Gasteiger partial charge in [0.2, 0.25) is 0 Å². The number of benzene rings is 1. The highest BCUT2D eigenvalue weighted by molar-refractivity contribution is 7.13. The van der Waals surface area contributed by atoms with Crippen LogP contribution in [-0.4, -0.2) is 54.4 Å². The quantitative estimate of drug-likeness (QED) is 0.667. The minimum atomic E-state index is 0.122. The van der Waals surface area contributed by atoms with E-state index in [1.807, 2.05) is 53.1 Å². The van der Waals surface area contributed by atoms with Crippen molar-refractivity contribution in [1.29, 1.82) is 0 Å². The molecule has 2 fully saturated rings. The van der Waals surface area contributed by atoms with Crippen molar-refractivity contribution in [3.05, 3.63) is 51.7 Å². The van der Waals surface area contributed by atoms with E-state index in [1.54, 1.807) is 11.3 Å². The largest absolute Gasteiger partial charge is 0.493 e. The van der Waals surface area contributed by atoms with Crippen molar-refractivity contribution in [3.63, 3.8) is 0 Å². The number of carbonyl (C=O) groups excluding carboxylic acids is 2. The predicted molar refractivity (Wildman–Crippen MR) is 124 cm³/mol. The molecule has 6 heteroatoms. The molecule has 2 aromatic rings. The minimum absolute atomic E-state index is 0.122. The Balaban J connectivity index is 1.22. The summed E-state index contributed by atoms with van der Waals surface area (Å²) in [4.78, 5) is 31.2. The van der Waals surface area contributed by atoms with Crippen molar-refractivity contribution in [2.75, 3.05) is 32.8 Å². The number of hydrogen-bond donors (Lipinski definition) is 0. The Kier molecular flexibility index (Phi) is 6.96. The van der Waals surface area contributed by atoms with Gasteiger partial charge in [-0.3, -0.25) is 9.59 Å². The van der Waals surface area contributed by atoms with Gasteiger partial charge >= 0.3 is 0 Å². The first kappa shape index (κ1) is 21.9. The van der Waals surface area contributed by atoms with Gasteiger partial charge in [0.05, 0.1) is 11.5 Å². The summed E-state index contributed by atoms with van der Waals surface area (Å²) in [7, 11) is 0. The van der Waals surface area contributed by atoms with Crippen LogP contribution >= 0.6 is 11.3 Å². The first-order chi connectivity index (χ1) is 15.0. The zero-order valence-corrected chi connectivity index (χ0v) is 19.3. The Labute approximate surface area is 189 Å². The highest BCUT2D eigenvalue weighted by Crippen LogP contribution is 2.24. The van der Waals surface area contributed by atoms with Gasteiger partial charge in [-0.15, -0.1) is 11.3 Å². The normalized spacial score (nSPS) is 18.3. The van der Waals surface area contributed by atoms with E-state index in [9.17, 15) is 9.59 Å². The average Bonchev–Trinajstić information content (AvgIpc) is 3.24. The Hall–Kier alpha value is -2.34. The number of thiophene rings is 1. The third-order valence-corrected chi connectivity index (χ3v) is 7.50. The van der Waals surface area contributed by atoms with Gasteiger partial charge in [-0.05, 0) is 80.8 Å². The molecule has 166 valence electrons. The third kappa shape index (κ3) is 5.48. The summed E-state index contributed by atoms with van der Waals surface area (Å²) >= 11 is 1.57. The highest BCUT2D eigenvalue weighted by atomic mass is 32.1. The van der Waals surface area contributed by atoms with E-state index in [1.165, 1.54) is 4.88 Å². The van der Waals surface area contributed by atoms with Crippen LogP contribution < -0.4 is 4.74 Å². The summed E-state index contributed by atoms with van der Waals surface area (Å²) in [6.45, 7) is 8.20. The molecule has 0 bridgehead atoms. The summed E-state index contributed by atoms with van der Waals surface area (Å²) in [5, 5.41) is 0. The van der Waals surface area contributed by atoms with Crippen molar-refractivity contribution in [2.45, 2.75) is 39.5 Å². The van der Waals surface area contributed by atoms with Gasteiger partial charge in [0, 0.05) is 36.6 Å².